The Balaban J connectivity index is 1.45. The van der Waals surface area contributed by atoms with Crippen LogP contribution in [-0.2, 0) is 9.59 Å². The molecule has 1 atom stereocenters. The summed E-state index contributed by atoms with van der Waals surface area (Å²) in [7, 11) is 0. The Morgan fingerprint density at radius 3 is 2.70 bits per heavy atom. The number of nitrogens with zero attached hydrogens (tertiary/aromatic N) is 3. The van der Waals surface area contributed by atoms with Gasteiger partial charge in [0.1, 0.15) is 17.4 Å². The number of carboxylic acids is 1. The highest BCUT2D eigenvalue weighted by molar-refractivity contribution is 6.00. The number of amidine groups is 1. The molecule has 0 amide bonds. The van der Waals surface area contributed by atoms with Crippen molar-refractivity contribution in [3.63, 3.8) is 0 Å². The van der Waals surface area contributed by atoms with Crippen LogP contribution >= 0.6 is 0 Å². The normalized spacial score (nSPS) is 16.9. The fourth-order valence-electron chi connectivity index (χ4n) is 3.81. The predicted molar refractivity (Wildman–Crippen MR) is 115 cm³/mol. The fourth-order valence-corrected chi connectivity index (χ4v) is 3.81. The number of nitrogens with one attached hydrogen (secondary N) is 1. The molecule has 1 aromatic heterocycles. The number of aliphatic carboxylic acids is 1. The Kier molecular flexibility index (Phi) is 7.88. The lowest BCUT2D eigenvalue weighted by molar-refractivity contribution is -0.137. The largest absolute Gasteiger partial charge is 0.481 e. The molecule has 160 valence electrons. The molecule has 2 N–H and O–H groups in total. The molecular formula is C23H30N4O3. The van der Waals surface area contributed by atoms with Crippen molar-refractivity contribution >= 4 is 17.6 Å². The molecule has 2 aliphatic rings. The van der Waals surface area contributed by atoms with E-state index in [0.29, 0.717) is 17.8 Å². The molecule has 3 rings (SSSR count). The number of allylic oxidation sites excluding steroid dienone is 3. The topological polar surface area (TPSA) is 105 Å². The first kappa shape index (κ1) is 21.9. The van der Waals surface area contributed by atoms with Crippen LogP contribution in [0.2, 0.25) is 0 Å². The van der Waals surface area contributed by atoms with Gasteiger partial charge in [0.2, 0.25) is 0 Å². The van der Waals surface area contributed by atoms with Gasteiger partial charge in [0, 0.05) is 43.4 Å². The lowest BCUT2D eigenvalue weighted by atomic mass is 9.91. The number of carbonyl (C=O) groups is 2. The molecule has 0 saturated carbocycles. The van der Waals surface area contributed by atoms with Crippen LogP contribution in [0.1, 0.15) is 75.1 Å². The molecule has 7 nitrogen and oxygen atoms in total. The number of hydrogen-bond donors (Lipinski definition) is 2. The summed E-state index contributed by atoms with van der Waals surface area (Å²) >= 11 is 0. The second-order valence-electron chi connectivity index (χ2n) is 8.00. The number of Topliss-reactive ketones (excluding diaryl/α,β-unsaturated/α-hetero) is 1. The van der Waals surface area contributed by atoms with Crippen molar-refractivity contribution in [1.29, 1.82) is 0 Å². The van der Waals surface area contributed by atoms with Gasteiger partial charge in [0.25, 0.3) is 0 Å². The smallest absolute Gasteiger partial charge is 0.303 e. The van der Waals surface area contributed by atoms with Crippen LogP contribution < -0.4 is 5.32 Å². The number of carboxylic acid groups (broad SMARTS) is 1. The zero-order chi connectivity index (χ0) is 21.3. The summed E-state index contributed by atoms with van der Waals surface area (Å²) in [4.78, 5) is 36.6. The summed E-state index contributed by atoms with van der Waals surface area (Å²) in [6.45, 7) is 2.65. The van der Waals surface area contributed by atoms with Crippen LogP contribution in [0, 0.1) is 6.92 Å². The number of carbonyl (C=O) groups excluding carboxylic acids is 1. The first-order chi connectivity index (χ1) is 14.5. The first-order valence-corrected chi connectivity index (χ1v) is 10.7. The van der Waals surface area contributed by atoms with Gasteiger partial charge in [-0.2, -0.15) is 0 Å². The maximum Gasteiger partial charge on any atom is 0.303 e. The van der Waals surface area contributed by atoms with Crippen molar-refractivity contribution in [2.75, 3.05) is 6.54 Å². The van der Waals surface area contributed by atoms with Gasteiger partial charge < -0.3 is 10.4 Å². The molecule has 30 heavy (non-hydrogen) atoms. The zero-order valence-corrected chi connectivity index (χ0v) is 17.6. The summed E-state index contributed by atoms with van der Waals surface area (Å²) < 4.78 is 0. The number of aryl methyl sites for hydroxylation is 1. The van der Waals surface area contributed by atoms with E-state index < -0.39 is 5.97 Å². The summed E-state index contributed by atoms with van der Waals surface area (Å²) in [6.07, 6.45) is 14.1. The monoisotopic (exact) mass is 410 g/mol. The molecular weight excluding hydrogens is 380 g/mol. The quantitative estimate of drug-likeness (QED) is 0.568. The molecule has 1 aromatic rings. The predicted octanol–water partition coefficient (Wildman–Crippen LogP) is 3.86. The Labute approximate surface area is 177 Å². The van der Waals surface area contributed by atoms with Crippen LogP contribution in [0.25, 0.3) is 0 Å². The van der Waals surface area contributed by atoms with Crippen LogP contribution in [0.15, 0.2) is 40.8 Å². The van der Waals surface area contributed by atoms with Gasteiger partial charge in [-0.05, 0) is 62.7 Å². The fraction of sp³-hybridized carbons (Fsp3) is 0.522. The Hall–Kier alpha value is -2.83. The Morgan fingerprint density at radius 1 is 1.13 bits per heavy atom. The van der Waals surface area contributed by atoms with E-state index >= 15 is 0 Å². The minimum Gasteiger partial charge on any atom is -0.481 e. The lowest BCUT2D eigenvalue weighted by Crippen LogP contribution is -2.27. The third kappa shape index (κ3) is 6.61. The number of fused-ring (bicyclic) bond motifs is 1. The third-order valence-electron chi connectivity index (χ3n) is 5.51. The van der Waals surface area contributed by atoms with Crippen molar-refractivity contribution in [3.8, 4) is 0 Å². The summed E-state index contributed by atoms with van der Waals surface area (Å²) in [5.41, 5.74) is 3.14. The molecule has 7 heteroatoms. The molecule has 0 aromatic carbocycles. The molecule has 0 saturated heterocycles. The number of dihydropyridines is 1. The summed E-state index contributed by atoms with van der Waals surface area (Å²) in [5, 5.41) is 12.6. The summed E-state index contributed by atoms with van der Waals surface area (Å²) in [5.74, 6) is 0.426. The van der Waals surface area contributed by atoms with Crippen molar-refractivity contribution in [2.24, 2.45) is 4.99 Å². The first-order valence-electron chi connectivity index (χ1n) is 10.7. The SMILES string of the molecule is Cc1ncc([C@H](CC(=O)O)CC(=O)CCCCC2=CC=C3CCCCN=C3N2)cn1. The highest BCUT2D eigenvalue weighted by Gasteiger charge is 2.20. The third-order valence-corrected chi connectivity index (χ3v) is 5.51. The van der Waals surface area contributed by atoms with Crippen LogP contribution in [0.3, 0.4) is 0 Å². The number of hydrogen-bond acceptors (Lipinski definition) is 6. The number of rotatable bonds is 10. The molecule has 0 spiro atoms. The van der Waals surface area contributed by atoms with Crippen molar-refractivity contribution in [3.05, 3.63) is 47.2 Å². The van der Waals surface area contributed by atoms with Crippen LogP contribution in [0.4, 0.5) is 0 Å². The van der Waals surface area contributed by atoms with Gasteiger partial charge in [-0.25, -0.2) is 9.97 Å². The van der Waals surface area contributed by atoms with E-state index in [2.05, 4.69) is 32.4 Å². The maximum atomic E-state index is 12.5. The van der Waals surface area contributed by atoms with E-state index in [4.69, 9.17) is 0 Å². The van der Waals surface area contributed by atoms with Gasteiger partial charge in [0.15, 0.2) is 0 Å². The second-order valence-corrected chi connectivity index (χ2v) is 8.00. The number of aromatic nitrogens is 2. The molecule has 3 heterocycles. The van der Waals surface area contributed by atoms with Gasteiger partial charge in [-0.1, -0.05) is 6.08 Å². The van der Waals surface area contributed by atoms with Gasteiger partial charge >= 0.3 is 5.97 Å². The molecule has 0 unspecified atom stereocenters. The lowest BCUT2D eigenvalue weighted by Gasteiger charge is -2.18. The highest BCUT2D eigenvalue weighted by atomic mass is 16.4. The molecule has 0 radical (unpaired) electrons. The minimum absolute atomic E-state index is 0.0859. The van der Waals surface area contributed by atoms with Gasteiger partial charge in [0.05, 0.1) is 6.42 Å². The number of ketones is 1. The van der Waals surface area contributed by atoms with E-state index in [1.807, 2.05) is 0 Å². The number of aliphatic imine (C=N–C) groups is 1. The highest BCUT2D eigenvalue weighted by Crippen LogP contribution is 2.24. The van der Waals surface area contributed by atoms with Crippen LogP contribution in [0.5, 0.6) is 0 Å². The van der Waals surface area contributed by atoms with Gasteiger partial charge in [-0.3, -0.25) is 14.6 Å². The summed E-state index contributed by atoms with van der Waals surface area (Å²) in [6, 6.07) is 0. The second kappa shape index (κ2) is 10.8. The zero-order valence-electron chi connectivity index (χ0n) is 17.6. The van der Waals surface area contributed by atoms with Crippen molar-refractivity contribution in [1.82, 2.24) is 15.3 Å². The number of unbranched alkanes of at least 4 members (excludes halogenated alkanes) is 1. The maximum absolute atomic E-state index is 12.5. The van der Waals surface area contributed by atoms with E-state index in [0.717, 1.165) is 50.2 Å². The Bertz CT molecular complexity index is 856. The van der Waals surface area contributed by atoms with Gasteiger partial charge in [-0.15, -0.1) is 0 Å². The molecule has 0 fully saturated rings. The minimum atomic E-state index is -0.919. The van der Waals surface area contributed by atoms with E-state index in [-0.39, 0.29) is 24.5 Å². The van der Waals surface area contributed by atoms with Crippen molar-refractivity contribution < 1.29 is 14.7 Å². The molecule has 2 aliphatic heterocycles. The Morgan fingerprint density at radius 2 is 1.93 bits per heavy atom. The standard InChI is InChI=1S/C23H30N4O3/c1-16-25-14-19(15-26-16)18(13-22(29)30)12-21(28)8-3-2-7-20-10-9-17-6-4-5-11-24-23(17)27-20/h9-10,14-15,18H,2-8,11-13H2,1H3,(H,24,27)(H,29,30)/t18-/m0/s1. The van der Waals surface area contributed by atoms with E-state index in [9.17, 15) is 14.7 Å². The van der Waals surface area contributed by atoms with E-state index in [1.54, 1.807) is 19.3 Å². The van der Waals surface area contributed by atoms with Crippen LogP contribution in [-0.4, -0.2) is 39.2 Å². The average Bonchev–Trinajstić information content (AvgIpc) is 2.96. The van der Waals surface area contributed by atoms with Crippen molar-refractivity contribution in [2.45, 2.75) is 70.6 Å². The average molecular weight is 411 g/mol. The molecule has 0 bridgehead atoms. The van der Waals surface area contributed by atoms with E-state index in [1.165, 1.54) is 12.0 Å². The molecule has 0 aliphatic carbocycles.